The summed E-state index contributed by atoms with van der Waals surface area (Å²) in [7, 11) is -3.65. The summed E-state index contributed by atoms with van der Waals surface area (Å²) in [6.45, 7) is 6.79. The van der Waals surface area contributed by atoms with Gasteiger partial charge in [-0.05, 0) is 101 Å². The van der Waals surface area contributed by atoms with Crippen molar-refractivity contribution in [1.82, 2.24) is 15.5 Å². The number of nitrogens with zero attached hydrogens (tertiary/aromatic N) is 1. The Morgan fingerprint density at radius 1 is 1.10 bits per heavy atom. The Hall–Kier alpha value is -2.57. The Kier molecular flexibility index (Phi) is 11.9. The monoisotopic (exact) mass is 627 g/mol. The SMILES string of the molecule is CCCN(C(C)C)C1CCC(NC(=O)CNC(=O)c2cccc(C(F)(F)F)c2)C(CS(=O)(=O)c2ccc(SC)cc2)C1. The molecule has 3 atom stereocenters. The van der Waals surface area contributed by atoms with Gasteiger partial charge in [-0.2, -0.15) is 13.2 Å². The second kappa shape index (κ2) is 14.7. The highest BCUT2D eigenvalue weighted by molar-refractivity contribution is 7.98. The van der Waals surface area contributed by atoms with Crippen molar-refractivity contribution in [2.45, 2.75) is 80.5 Å². The predicted molar refractivity (Wildman–Crippen MR) is 159 cm³/mol. The van der Waals surface area contributed by atoms with Gasteiger partial charge < -0.3 is 10.6 Å². The van der Waals surface area contributed by atoms with Crippen LogP contribution in [0.15, 0.2) is 58.3 Å². The van der Waals surface area contributed by atoms with E-state index in [1.807, 2.05) is 6.26 Å². The fraction of sp³-hybridized carbons (Fsp3) is 0.533. The zero-order chi connectivity index (χ0) is 31.1. The summed E-state index contributed by atoms with van der Waals surface area (Å²) in [6.07, 6.45) is 0.209. The summed E-state index contributed by atoms with van der Waals surface area (Å²) in [5, 5.41) is 5.28. The van der Waals surface area contributed by atoms with Crippen LogP contribution in [0.2, 0.25) is 0 Å². The van der Waals surface area contributed by atoms with Crippen LogP contribution < -0.4 is 10.6 Å². The number of benzene rings is 2. The maximum absolute atomic E-state index is 13.5. The van der Waals surface area contributed by atoms with Crippen LogP contribution in [0, 0.1) is 5.92 Å². The molecule has 7 nitrogen and oxygen atoms in total. The van der Waals surface area contributed by atoms with E-state index < -0.39 is 46.0 Å². The summed E-state index contributed by atoms with van der Waals surface area (Å²) >= 11 is 1.52. The molecule has 42 heavy (non-hydrogen) atoms. The minimum Gasteiger partial charge on any atom is -0.352 e. The van der Waals surface area contributed by atoms with Gasteiger partial charge in [0, 0.05) is 28.6 Å². The number of carbonyl (C=O) groups is 2. The van der Waals surface area contributed by atoms with Gasteiger partial charge in [0.15, 0.2) is 9.84 Å². The number of rotatable bonds is 12. The molecule has 232 valence electrons. The summed E-state index contributed by atoms with van der Waals surface area (Å²) in [6, 6.07) is 10.7. The van der Waals surface area contributed by atoms with Crippen molar-refractivity contribution >= 4 is 33.4 Å². The quantitative estimate of drug-likeness (QED) is 0.306. The minimum atomic E-state index is -4.60. The fourth-order valence-electron chi connectivity index (χ4n) is 5.55. The molecule has 12 heteroatoms. The molecule has 2 amide bonds. The lowest BCUT2D eigenvalue weighted by molar-refractivity contribution is -0.137. The van der Waals surface area contributed by atoms with Gasteiger partial charge in [-0.25, -0.2) is 8.42 Å². The standard InChI is InChI=1S/C30H40F3N3O4S2/c1-5-15-36(20(2)3)24-9-14-27(22(17-24)19-42(39,40)26-12-10-25(41-4)11-13-26)35-28(37)18-34-29(38)21-7-6-8-23(16-21)30(31,32)33/h6-8,10-13,16,20,22,24,27H,5,9,14-15,17-19H2,1-4H3,(H,34,38)(H,35,37). The second-order valence-corrected chi connectivity index (χ2v) is 13.9. The normalized spacial score (nSPS) is 19.6. The molecule has 0 radical (unpaired) electrons. The number of hydrogen-bond acceptors (Lipinski definition) is 6. The third-order valence-electron chi connectivity index (χ3n) is 7.63. The number of amides is 2. The Morgan fingerprint density at radius 3 is 2.38 bits per heavy atom. The first-order valence-corrected chi connectivity index (χ1v) is 17.0. The lowest BCUT2D eigenvalue weighted by atomic mass is 9.81. The van der Waals surface area contributed by atoms with E-state index in [9.17, 15) is 31.2 Å². The van der Waals surface area contributed by atoms with Crippen molar-refractivity contribution in [3.05, 3.63) is 59.7 Å². The highest BCUT2D eigenvalue weighted by Crippen LogP contribution is 2.33. The highest BCUT2D eigenvalue weighted by atomic mass is 32.2. The number of thioether (sulfide) groups is 1. The lowest BCUT2D eigenvalue weighted by Crippen LogP contribution is -2.53. The van der Waals surface area contributed by atoms with Crippen LogP contribution in [0.1, 0.15) is 62.4 Å². The molecule has 2 aromatic rings. The molecule has 3 unspecified atom stereocenters. The molecule has 1 saturated carbocycles. The summed E-state index contributed by atoms with van der Waals surface area (Å²) in [5.41, 5.74) is -1.17. The van der Waals surface area contributed by atoms with Crippen LogP contribution in [0.5, 0.6) is 0 Å². The Bertz CT molecular complexity index is 1320. The maximum Gasteiger partial charge on any atom is 0.416 e. The van der Waals surface area contributed by atoms with E-state index >= 15 is 0 Å². The summed E-state index contributed by atoms with van der Waals surface area (Å²) in [4.78, 5) is 28.9. The van der Waals surface area contributed by atoms with Gasteiger partial charge in [-0.3, -0.25) is 14.5 Å². The van der Waals surface area contributed by atoms with Gasteiger partial charge >= 0.3 is 6.18 Å². The van der Waals surface area contributed by atoms with Crippen molar-refractivity contribution in [1.29, 1.82) is 0 Å². The molecular weight excluding hydrogens is 587 g/mol. The molecule has 2 N–H and O–H groups in total. The summed E-state index contributed by atoms with van der Waals surface area (Å²) in [5.74, 6) is -1.84. The van der Waals surface area contributed by atoms with Crippen molar-refractivity contribution in [2.75, 3.05) is 25.1 Å². The van der Waals surface area contributed by atoms with Crippen LogP contribution in [-0.4, -0.2) is 68.4 Å². The van der Waals surface area contributed by atoms with Gasteiger partial charge in [0.25, 0.3) is 5.91 Å². The Labute approximate surface area is 250 Å². The van der Waals surface area contributed by atoms with E-state index in [0.29, 0.717) is 12.8 Å². The molecule has 0 heterocycles. The average Bonchev–Trinajstić information content (AvgIpc) is 2.95. The van der Waals surface area contributed by atoms with Gasteiger partial charge in [-0.1, -0.05) is 13.0 Å². The summed E-state index contributed by atoms with van der Waals surface area (Å²) < 4.78 is 66.0. The number of nitrogens with one attached hydrogen (secondary N) is 2. The van der Waals surface area contributed by atoms with E-state index in [-0.39, 0.29) is 34.2 Å². The molecule has 0 spiro atoms. The van der Waals surface area contributed by atoms with E-state index in [4.69, 9.17) is 0 Å². The molecule has 1 aliphatic rings. The van der Waals surface area contributed by atoms with E-state index in [0.717, 1.165) is 42.5 Å². The molecule has 0 saturated heterocycles. The highest BCUT2D eigenvalue weighted by Gasteiger charge is 2.37. The average molecular weight is 628 g/mol. The fourth-order valence-corrected chi connectivity index (χ4v) is 7.64. The van der Waals surface area contributed by atoms with Crippen LogP contribution in [0.25, 0.3) is 0 Å². The molecule has 0 aromatic heterocycles. The van der Waals surface area contributed by atoms with Crippen LogP contribution in [-0.2, 0) is 20.8 Å². The van der Waals surface area contributed by atoms with E-state index in [2.05, 4.69) is 36.3 Å². The zero-order valence-electron chi connectivity index (χ0n) is 24.4. The van der Waals surface area contributed by atoms with Crippen molar-refractivity contribution in [3.8, 4) is 0 Å². The number of hydrogen-bond donors (Lipinski definition) is 2. The van der Waals surface area contributed by atoms with Gasteiger partial charge in [-0.15, -0.1) is 11.8 Å². The third kappa shape index (κ3) is 9.21. The third-order valence-corrected chi connectivity index (χ3v) is 10.2. The van der Waals surface area contributed by atoms with Crippen molar-refractivity contribution in [2.24, 2.45) is 5.92 Å². The Balaban J connectivity index is 1.73. The number of carbonyl (C=O) groups excluding carboxylic acids is 2. The van der Waals surface area contributed by atoms with Gasteiger partial charge in [0.05, 0.1) is 22.8 Å². The molecular formula is C30H40F3N3O4S2. The molecule has 0 aliphatic heterocycles. The first kappa shape index (κ1) is 33.9. The first-order valence-electron chi connectivity index (χ1n) is 14.1. The minimum absolute atomic E-state index is 0.137. The van der Waals surface area contributed by atoms with Gasteiger partial charge in [0.2, 0.25) is 5.91 Å². The van der Waals surface area contributed by atoms with Crippen LogP contribution in [0.4, 0.5) is 13.2 Å². The first-order chi connectivity index (χ1) is 19.7. The number of alkyl halides is 3. The molecule has 1 fully saturated rings. The predicted octanol–water partition coefficient (Wildman–Crippen LogP) is 5.40. The Morgan fingerprint density at radius 2 is 1.79 bits per heavy atom. The number of sulfone groups is 1. The van der Waals surface area contributed by atoms with E-state index in [1.165, 1.54) is 17.8 Å². The maximum atomic E-state index is 13.5. The number of halogens is 3. The smallest absolute Gasteiger partial charge is 0.352 e. The zero-order valence-corrected chi connectivity index (χ0v) is 26.0. The topological polar surface area (TPSA) is 95.6 Å². The van der Waals surface area contributed by atoms with E-state index in [1.54, 1.807) is 24.3 Å². The largest absolute Gasteiger partial charge is 0.416 e. The molecule has 0 bridgehead atoms. The van der Waals surface area contributed by atoms with Crippen molar-refractivity contribution < 1.29 is 31.2 Å². The molecule has 1 aliphatic carbocycles. The van der Waals surface area contributed by atoms with Crippen LogP contribution in [0.3, 0.4) is 0 Å². The lowest BCUT2D eigenvalue weighted by Gasteiger charge is -2.43. The van der Waals surface area contributed by atoms with Gasteiger partial charge in [0.1, 0.15) is 0 Å². The van der Waals surface area contributed by atoms with Crippen molar-refractivity contribution in [3.63, 3.8) is 0 Å². The second-order valence-electron chi connectivity index (χ2n) is 11.0. The molecule has 3 rings (SSSR count). The van der Waals surface area contributed by atoms with Crippen LogP contribution >= 0.6 is 11.8 Å². The molecule has 2 aromatic carbocycles.